The van der Waals surface area contributed by atoms with Gasteiger partial charge in [0.2, 0.25) is 0 Å². The first kappa shape index (κ1) is 23.2. The molecule has 0 spiro atoms. The van der Waals surface area contributed by atoms with Gasteiger partial charge in [-0.2, -0.15) is 0 Å². The largest absolute Gasteiger partial charge is 0.497 e. The van der Waals surface area contributed by atoms with Gasteiger partial charge in [0.05, 0.1) is 26.8 Å². The molecule has 0 saturated carbocycles. The zero-order valence-corrected chi connectivity index (χ0v) is 19.5. The van der Waals surface area contributed by atoms with Gasteiger partial charge in [-0.15, -0.1) is 0 Å². The highest BCUT2D eigenvalue weighted by Crippen LogP contribution is 2.31. The molecule has 2 N–H and O–H groups in total. The lowest BCUT2D eigenvalue weighted by Gasteiger charge is -2.11. The molecule has 0 aliphatic rings. The van der Waals surface area contributed by atoms with Crippen LogP contribution in [0.2, 0.25) is 0 Å². The first-order valence-corrected chi connectivity index (χ1v) is 10.9. The van der Waals surface area contributed by atoms with E-state index in [0.29, 0.717) is 25.4 Å². The van der Waals surface area contributed by atoms with E-state index in [4.69, 9.17) is 14.2 Å². The van der Waals surface area contributed by atoms with Crippen molar-refractivity contribution in [2.75, 3.05) is 21.3 Å². The van der Waals surface area contributed by atoms with Crippen LogP contribution in [0.15, 0.2) is 66.7 Å². The molecular formula is C27H28N2O5. The van der Waals surface area contributed by atoms with Gasteiger partial charge in [-0.05, 0) is 47.5 Å². The summed E-state index contributed by atoms with van der Waals surface area (Å²) in [5, 5.41) is 14.5. The van der Waals surface area contributed by atoms with E-state index >= 15 is 0 Å². The third-order valence-corrected chi connectivity index (χ3v) is 5.84. The van der Waals surface area contributed by atoms with Gasteiger partial charge in [0, 0.05) is 36.7 Å². The Kier molecular flexibility index (Phi) is 7.04. The Labute approximate surface area is 198 Å². The zero-order chi connectivity index (χ0) is 24.1. The van der Waals surface area contributed by atoms with Crippen molar-refractivity contribution in [1.29, 1.82) is 0 Å². The SMILES string of the molecule is COc1ccc(Cn2c(C(=O)O)c(CNCc3cccc(OC)c3)c3ccc(OC)cc32)cc1. The number of nitrogens with one attached hydrogen (secondary N) is 1. The third-order valence-electron chi connectivity index (χ3n) is 5.84. The van der Waals surface area contributed by atoms with E-state index in [0.717, 1.165) is 39.1 Å². The fraction of sp³-hybridized carbons (Fsp3) is 0.222. The maximum atomic E-state index is 12.5. The molecule has 0 unspecified atom stereocenters. The average molecular weight is 461 g/mol. The topological polar surface area (TPSA) is 82.0 Å². The van der Waals surface area contributed by atoms with E-state index in [1.807, 2.05) is 71.3 Å². The lowest BCUT2D eigenvalue weighted by atomic mass is 10.1. The number of ether oxygens (including phenoxy) is 3. The van der Waals surface area contributed by atoms with Crippen LogP contribution in [0.4, 0.5) is 0 Å². The fourth-order valence-electron chi connectivity index (χ4n) is 4.14. The molecule has 3 aromatic carbocycles. The van der Waals surface area contributed by atoms with Gasteiger partial charge in [-0.1, -0.05) is 24.3 Å². The van der Waals surface area contributed by atoms with Crippen molar-refractivity contribution in [3.63, 3.8) is 0 Å². The minimum Gasteiger partial charge on any atom is -0.497 e. The van der Waals surface area contributed by atoms with Gasteiger partial charge in [-0.3, -0.25) is 0 Å². The number of hydrogen-bond acceptors (Lipinski definition) is 5. The highest BCUT2D eigenvalue weighted by atomic mass is 16.5. The zero-order valence-electron chi connectivity index (χ0n) is 19.5. The second kappa shape index (κ2) is 10.3. The predicted molar refractivity (Wildman–Crippen MR) is 131 cm³/mol. The molecule has 1 heterocycles. The van der Waals surface area contributed by atoms with E-state index in [1.54, 1.807) is 21.3 Å². The van der Waals surface area contributed by atoms with Crippen LogP contribution in [0.5, 0.6) is 17.2 Å². The molecule has 7 heteroatoms. The number of methoxy groups -OCH3 is 3. The normalized spacial score (nSPS) is 10.9. The fourth-order valence-corrected chi connectivity index (χ4v) is 4.14. The van der Waals surface area contributed by atoms with Crippen LogP contribution in [0.1, 0.15) is 27.2 Å². The molecule has 4 aromatic rings. The van der Waals surface area contributed by atoms with Gasteiger partial charge in [0.15, 0.2) is 0 Å². The lowest BCUT2D eigenvalue weighted by Crippen LogP contribution is -2.17. The molecule has 0 saturated heterocycles. The summed E-state index contributed by atoms with van der Waals surface area (Å²) in [4.78, 5) is 12.5. The molecule has 0 fully saturated rings. The minimum atomic E-state index is -0.971. The van der Waals surface area contributed by atoms with E-state index < -0.39 is 5.97 Å². The summed E-state index contributed by atoms with van der Waals surface area (Å²) in [6.45, 7) is 1.39. The van der Waals surface area contributed by atoms with Crippen LogP contribution < -0.4 is 19.5 Å². The number of aromatic nitrogens is 1. The Balaban J connectivity index is 1.71. The maximum absolute atomic E-state index is 12.5. The molecule has 1 aromatic heterocycles. The molecule has 4 rings (SSSR count). The first-order valence-electron chi connectivity index (χ1n) is 10.9. The molecule has 0 bridgehead atoms. The molecular weight excluding hydrogens is 432 g/mol. The summed E-state index contributed by atoms with van der Waals surface area (Å²) in [6, 6.07) is 21.1. The highest BCUT2D eigenvalue weighted by Gasteiger charge is 2.23. The smallest absolute Gasteiger partial charge is 0.352 e. The van der Waals surface area contributed by atoms with Crippen LogP contribution >= 0.6 is 0 Å². The van der Waals surface area contributed by atoms with Crippen molar-refractivity contribution >= 4 is 16.9 Å². The number of carboxylic acids is 1. The van der Waals surface area contributed by atoms with Crippen LogP contribution in [0.25, 0.3) is 10.9 Å². The number of aromatic carboxylic acids is 1. The van der Waals surface area contributed by atoms with Crippen molar-refractivity contribution in [1.82, 2.24) is 9.88 Å². The third kappa shape index (κ3) is 4.84. The van der Waals surface area contributed by atoms with Crippen LogP contribution in [0, 0.1) is 0 Å². The van der Waals surface area contributed by atoms with E-state index in [9.17, 15) is 9.90 Å². The Bertz CT molecular complexity index is 1290. The van der Waals surface area contributed by atoms with Gasteiger partial charge < -0.3 is 29.2 Å². The second-order valence-electron chi connectivity index (χ2n) is 7.90. The Morgan fingerprint density at radius 3 is 2.18 bits per heavy atom. The number of rotatable bonds is 10. The number of hydrogen-bond donors (Lipinski definition) is 2. The van der Waals surface area contributed by atoms with E-state index in [2.05, 4.69) is 5.32 Å². The summed E-state index contributed by atoms with van der Waals surface area (Å²) in [5.41, 5.74) is 3.84. The predicted octanol–water partition coefficient (Wildman–Crippen LogP) is 4.70. The van der Waals surface area contributed by atoms with Crippen molar-refractivity contribution in [2.24, 2.45) is 0 Å². The van der Waals surface area contributed by atoms with Crippen molar-refractivity contribution in [3.05, 3.63) is 89.1 Å². The van der Waals surface area contributed by atoms with E-state index in [1.165, 1.54) is 0 Å². The molecule has 0 amide bonds. The Hall–Kier alpha value is -3.97. The van der Waals surface area contributed by atoms with Crippen LogP contribution in [-0.4, -0.2) is 37.0 Å². The van der Waals surface area contributed by atoms with Gasteiger partial charge in [0.25, 0.3) is 0 Å². The summed E-state index contributed by atoms with van der Waals surface area (Å²) >= 11 is 0. The molecule has 176 valence electrons. The van der Waals surface area contributed by atoms with Gasteiger partial charge in [0.1, 0.15) is 22.9 Å². The summed E-state index contributed by atoms with van der Waals surface area (Å²) in [7, 11) is 4.86. The quantitative estimate of drug-likeness (QED) is 0.357. The van der Waals surface area contributed by atoms with Crippen LogP contribution in [-0.2, 0) is 19.6 Å². The van der Waals surface area contributed by atoms with E-state index in [-0.39, 0.29) is 5.69 Å². The maximum Gasteiger partial charge on any atom is 0.352 e. The first-order chi connectivity index (χ1) is 16.5. The van der Waals surface area contributed by atoms with Gasteiger partial charge in [-0.25, -0.2) is 4.79 Å². The number of carbonyl (C=O) groups is 1. The second-order valence-corrected chi connectivity index (χ2v) is 7.90. The lowest BCUT2D eigenvalue weighted by molar-refractivity contribution is 0.0684. The molecule has 34 heavy (non-hydrogen) atoms. The Morgan fingerprint density at radius 1 is 0.824 bits per heavy atom. The molecule has 0 aliphatic carbocycles. The summed E-state index contributed by atoms with van der Waals surface area (Å²) in [6.07, 6.45) is 0. The highest BCUT2D eigenvalue weighted by molar-refractivity contribution is 5.98. The monoisotopic (exact) mass is 460 g/mol. The number of fused-ring (bicyclic) bond motifs is 1. The molecule has 0 aliphatic heterocycles. The number of benzene rings is 3. The standard InChI is InChI=1S/C27H28N2O5/c1-32-20-9-7-18(8-10-20)17-29-25-14-22(34-3)11-12-23(25)24(26(29)27(30)31)16-28-15-19-5-4-6-21(13-19)33-2/h4-14,28H,15-17H2,1-3H3,(H,30,31). The molecule has 7 nitrogen and oxygen atoms in total. The van der Waals surface area contributed by atoms with Crippen LogP contribution in [0.3, 0.4) is 0 Å². The van der Waals surface area contributed by atoms with Crippen molar-refractivity contribution in [2.45, 2.75) is 19.6 Å². The van der Waals surface area contributed by atoms with Crippen molar-refractivity contribution in [3.8, 4) is 17.2 Å². The average Bonchev–Trinajstić information content (AvgIpc) is 3.17. The summed E-state index contributed by atoms with van der Waals surface area (Å²) < 4.78 is 17.8. The van der Waals surface area contributed by atoms with Crippen molar-refractivity contribution < 1.29 is 24.1 Å². The van der Waals surface area contributed by atoms with Gasteiger partial charge >= 0.3 is 5.97 Å². The summed E-state index contributed by atoms with van der Waals surface area (Å²) in [5.74, 6) is 1.24. The molecule has 0 radical (unpaired) electrons. The Morgan fingerprint density at radius 2 is 1.50 bits per heavy atom. The number of nitrogens with zero attached hydrogens (tertiary/aromatic N) is 1. The number of carboxylic acid groups (broad SMARTS) is 1. The minimum absolute atomic E-state index is 0.261. The molecule has 0 atom stereocenters.